The Morgan fingerprint density at radius 3 is 2.77 bits per heavy atom. The number of amides is 1. The van der Waals surface area contributed by atoms with Crippen LogP contribution in [-0.4, -0.2) is 33.5 Å². The molecular formula is C18H17ClN4O2S. The summed E-state index contributed by atoms with van der Waals surface area (Å²) < 4.78 is 6.98. The minimum Gasteiger partial charge on any atom is -0.497 e. The van der Waals surface area contributed by atoms with Gasteiger partial charge < -0.3 is 10.1 Å². The van der Waals surface area contributed by atoms with Gasteiger partial charge in [-0.15, -0.1) is 10.2 Å². The van der Waals surface area contributed by atoms with Crippen molar-refractivity contribution < 1.29 is 9.53 Å². The van der Waals surface area contributed by atoms with Gasteiger partial charge in [0.25, 0.3) is 0 Å². The molecule has 0 aliphatic heterocycles. The van der Waals surface area contributed by atoms with Gasteiger partial charge in [-0.05, 0) is 48.9 Å². The highest BCUT2D eigenvalue weighted by Gasteiger charge is 2.12. The van der Waals surface area contributed by atoms with Crippen molar-refractivity contribution in [2.75, 3.05) is 18.2 Å². The number of anilines is 1. The Kier molecular flexibility index (Phi) is 5.80. The zero-order chi connectivity index (χ0) is 18.5. The minimum absolute atomic E-state index is 0.135. The summed E-state index contributed by atoms with van der Waals surface area (Å²) in [4.78, 5) is 12.3. The van der Waals surface area contributed by atoms with Crippen LogP contribution in [-0.2, 0) is 4.79 Å². The van der Waals surface area contributed by atoms with E-state index in [0.717, 1.165) is 17.0 Å². The first-order valence-corrected chi connectivity index (χ1v) is 9.17. The van der Waals surface area contributed by atoms with Gasteiger partial charge in [-0.2, -0.15) is 0 Å². The molecule has 3 aromatic rings. The van der Waals surface area contributed by atoms with Crippen molar-refractivity contribution in [1.29, 1.82) is 0 Å². The van der Waals surface area contributed by atoms with Crippen molar-refractivity contribution in [3.63, 3.8) is 0 Å². The summed E-state index contributed by atoms with van der Waals surface area (Å²) in [6.07, 6.45) is 1.61. The van der Waals surface area contributed by atoms with Crippen molar-refractivity contribution in [3.05, 3.63) is 59.4 Å². The van der Waals surface area contributed by atoms with Crippen LogP contribution in [0.25, 0.3) is 5.69 Å². The summed E-state index contributed by atoms with van der Waals surface area (Å²) >= 11 is 7.39. The van der Waals surface area contributed by atoms with E-state index in [0.29, 0.717) is 15.9 Å². The number of carbonyl (C=O) groups is 1. The minimum atomic E-state index is -0.135. The highest BCUT2D eigenvalue weighted by atomic mass is 35.5. The van der Waals surface area contributed by atoms with Crippen LogP contribution in [0.5, 0.6) is 5.75 Å². The zero-order valence-corrected chi connectivity index (χ0v) is 15.8. The smallest absolute Gasteiger partial charge is 0.234 e. The maximum Gasteiger partial charge on any atom is 0.234 e. The number of hydrogen-bond donors (Lipinski definition) is 1. The molecule has 0 aliphatic carbocycles. The van der Waals surface area contributed by atoms with E-state index in [4.69, 9.17) is 16.3 Å². The molecule has 1 amide bonds. The van der Waals surface area contributed by atoms with E-state index >= 15 is 0 Å². The Bertz CT molecular complexity index is 912. The summed E-state index contributed by atoms with van der Waals surface area (Å²) in [7, 11) is 1.62. The molecule has 1 heterocycles. The van der Waals surface area contributed by atoms with Gasteiger partial charge >= 0.3 is 0 Å². The number of benzene rings is 2. The molecule has 6 nitrogen and oxygen atoms in total. The fourth-order valence-electron chi connectivity index (χ4n) is 2.30. The molecule has 0 unspecified atom stereocenters. The summed E-state index contributed by atoms with van der Waals surface area (Å²) in [5.74, 6) is 0.845. The third-order valence-electron chi connectivity index (χ3n) is 3.74. The van der Waals surface area contributed by atoms with Crippen LogP contribution in [0.15, 0.2) is 53.9 Å². The number of carbonyl (C=O) groups excluding carboxylic acids is 1. The summed E-state index contributed by atoms with van der Waals surface area (Å²) in [5.41, 5.74) is 2.44. The number of aromatic nitrogens is 3. The Morgan fingerprint density at radius 2 is 2.04 bits per heavy atom. The predicted molar refractivity (Wildman–Crippen MR) is 103 cm³/mol. The third-order valence-corrected chi connectivity index (χ3v) is 5.09. The standard InChI is InChI=1S/C18H17ClN4O2S/c1-12-15(19)4-3-5-16(12)21-17(24)10-26-18-22-20-11-23(18)13-6-8-14(25-2)9-7-13/h3-9,11H,10H2,1-2H3,(H,21,24). The molecule has 0 fully saturated rings. The van der Waals surface area contributed by atoms with E-state index in [-0.39, 0.29) is 11.7 Å². The van der Waals surface area contributed by atoms with Crippen molar-refractivity contribution in [2.45, 2.75) is 12.1 Å². The van der Waals surface area contributed by atoms with Crippen molar-refractivity contribution >= 4 is 35.0 Å². The molecule has 3 rings (SSSR count). The number of rotatable bonds is 6. The molecule has 26 heavy (non-hydrogen) atoms. The first-order valence-electron chi connectivity index (χ1n) is 7.80. The Morgan fingerprint density at radius 1 is 1.27 bits per heavy atom. The summed E-state index contributed by atoms with van der Waals surface area (Å²) in [6.45, 7) is 1.87. The van der Waals surface area contributed by atoms with Gasteiger partial charge in [-0.1, -0.05) is 29.4 Å². The lowest BCUT2D eigenvalue weighted by Gasteiger charge is -2.10. The lowest BCUT2D eigenvalue weighted by atomic mass is 10.2. The molecule has 0 saturated carbocycles. The second kappa shape index (κ2) is 8.25. The fourth-order valence-corrected chi connectivity index (χ4v) is 3.21. The van der Waals surface area contributed by atoms with Crippen LogP contribution in [0.3, 0.4) is 0 Å². The van der Waals surface area contributed by atoms with Crippen LogP contribution in [0.2, 0.25) is 5.02 Å². The summed E-state index contributed by atoms with van der Waals surface area (Å²) in [5, 5.41) is 12.2. The topological polar surface area (TPSA) is 69.0 Å². The largest absolute Gasteiger partial charge is 0.497 e. The van der Waals surface area contributed by atoms with E-state index in [1.165, 1.54) is 11.8 Å². The molecule has 2 aromatic carbocycles. The maximum absolute atomic E-state index is 12.3. The first kappa shape index (κ1) is 18.3. The molecule has 0 radical (unpaired) electrons. The van der Waals surface area contributed by atoms with E-state index < -0.39 is 0 Å². The van der Waals surface area contributed by atoms with Crippen LogP contribution in [0, 0.1) is 6.92 Å². The molecule has 0 aliphatic rings. The second-order valence-corrected chi connectivity index (χ2v) is 6.78. The summed E-state index contributed by atoms with van der Waals surface area (Å²) in [6, 6.07) is 12.9. The highest BCUT2D eigenvalue weighted by molar-refractivity contribution is 7.99. The number of nitrogens with zero attached hydrogens (tertiary/aromatic N) is 3. The van der Waals surface area contributed by atoms with Crippen molar-refractivity contribution in [1.82, 2.24) is 14.8 Å². The van der Waals surface area contributed by atoms with Gasteiger partial charge in [0.2, 0.25) is 5.91 Å². The number of ether oxygens (including phenoxy) is 1. The SMILES string of the molecule is COc1ccc(-n2cnnc2SCC(=O)Nc2cccc(Cl)c2C)cc1. The molecular weight excluding hydrogens is 372 g/mol. The number of nitrogens with one attached hydrogen (secondary N) is 1. The van der Waals surface area contributed by atoms with Crippen LogP contribution in [0.1, 0.15) is 5.56 Å². The maximum atomic E-state index is 12.3. The monoisotopic (exact) mass is 388 g/mol. The van der Waals surface area contributed by atoms with E-state index in [2.05, 4.69) is 15.5 Å². The quantitative estimate of drug-likeness (QED) is 0.647. The molecule has 0 spiro atoms. The van der Waals surface area contributed by atoms with E-state index in [1.54, 1.807) is 25.6 Å². The second-order valence-electron chi connectivity index (χ2n) is 5.43. The molecule has 0 bridgehead atoms. The Labute approximate surface area is 160 Å². The van der Waals surface area contributed by atoms with Gasteiger partial charge in [0.1, 0.15) is 12.1 Å². The van der Waals surface area contributed by atoms with E-state index in [1.807, 2.05) is 41.8 Å². The van der Waals surface area contributed by atoms with Gasteiger partial charge in [0, 0.05) is 16.4 Å². The molecule has 134 valence electrons. The number of hydrogen-bond acceptors (Lipinski definition) is 5. The fraction of sp³-hybridized carbons (Fsp3) is 0.167. The molecule has 0 saturated heterocycles. The van der Waals surface area contributed by atoms with Crippen LogP contribution in [0.4, 0.5) is 5.69 Å². The Hall–Kier alpha value is -2.51. The first-order chi connectivity index (χ1) is 12.6. The lowest BCUT2D eigenvalue weighted by molar-refractivity contribution is -0.113. The van der Waals surface area contributed by atoms with Gasteiger partial charge in [0.05, 0.1) is 12.9 Å². The predicted octanol–water partition coefficient (Wildman–Crippen LogP) is 3.97. The third kappa shape index (κ3) is 4.17. The average Bonchev–Trinajstić information content (AvgIpc) is 3.12. The van der Waals surface area contributed by atoms with Crippen molar-refractivity contribution in [3.8, 4) is 11.4 Å². The Balaban J connectivity index is 1.66. The van der Waals surface area contributed by atoms with E-state index in [9.17, 15) is 4.79 Å². The normalized spacial score (nSPS) is 10.6. The molecule has 1 aromatic heterocycles. The molecule has 8 heteroatoms. The molecule has 0 atom stereocenters. The average molecular weight is 389 g/mol. The number of methoxy groups -OCH3 is 1. The highest BCUT2D eigenvalue weighted by Crippen LogP contribution is 2.24. The van der Waals surface area contributed by atoms with Gasteiger partial charge in [-0.3, -0.25) is 9.36 Å². The van der Waals surface area contributed by atoms with Gasteiger partial charge in [-0.25, -0.2) is 0 Å². The lowest BCUT2D eigenvalue weighted by Crippen LogP contribution is -2.15. The zero-order valence-electron chi connectivity index (χ0n) is 14.3. The van der Waals surface area contributed by atoms with Crippen molar-refractivity contribution in [2.24, 2.45) is 0 Å². The van der Waals surface area contributed by atoms with Crippen LogP contribution < -0.4 is 10.1 Å². The number of halogens is 1. The van der Waals surface area contributed by atoms with Crippen LogP contribution >= 0.6 is 23.4 Å². The van der Waals surface area contributed by atoms with Gasteiger partial charge in [0.15, 0.2) is 5.16 Å². The number of thioether (sulfide) groups is 1. The molecule has 1 N–H and O–H groups in total.